The number of benzene rings is 3. The average Bonchev–Trinajstić information content (AvgIpc) is 2.74. The number of rotatable bonds is 9. The molecule has 0 radical (unpaired) electrons. The van der Waals surface area contributed by atoms with Crippen LogP contribution < -0.4 is 14.8 Å². The number of hydrogen-bond acceptors (Lipinski definition) is 5. The van der Waals surface area contributed by atoms with Gasteiger partial charge in [0.1, 0.15) is 5.75 Å². The maximum absolute atomic E-state index is 12.0. The van der Waals surface area contributed by atoms with Gasteiger partial charge in [-0.05, 0) is 35.9 Å². The molecule has 0 saturated carbocycles. The molecule has 0 spiro atoms. The van der Waals surface area contributed by atoms with E-state index in [1.54, 1.807) is 30.3 Å². The lowest BCUT2D eigenvalue weighted by molar-refractivity contribution is -0.385. The van der Waals surface area contributed by atoms with Crippen molar-refractivity contribution < 1.29 is 19.2 Å². The lowest BCUT2D eigenvalue weighted by Gasteiger charge is -2.09. The number of hydrogen-bond donors (Lipinski definition) is 1. The van der Waals surface area contributed by atoms with Gasteiger partial charge < -0.3 is 14.8 Å². The molecule has 1 amide bonds. The van der Waals surface area contributed by atoms with Crippen molar-refractivity contribution in [2.75, 3.05) is 18.5 Å². The number of amides is 1. The third-order valence-corrected chi connectivity index (χ3v) is 4.06. The number of carbonyl (C=O) groups excluding carboxylic acids is 1. The van der Waals surface area contributed by atoms with E-state index in [0.29, 0.717) is 18.0 Å². The largest absolute Gasteiger partial charge is 0.493 e. The zero-order valence-electron chi connectivity index (χ0n) is 15.6. The number of nitro groups is 1. The van der Waals surface area contributed by atoms with Crippen LogP contribution in [0.3, 0.4) is 0 Å². The van der Waals surface area contributed by atoms with Gasteiger partial charge in [0.2, 0.25) is 0 Å². The van der Waals surface area contributed by atoms with Crippen LogP contribution in [0.15, 0.2) is 78.9 Å². The maximum atomic E-state index is 12.0. The molecule has 7 nitrogen and oxygen atoms in total. The van der Waals surface area contributed by atoms with E-state index in [2.05, 4.69) is 5.32 Å². The van der Waals surface area contributed by atoms with Crippen LogP contribution in [0.2, 0.25) is 0 Å². The van der Waals surface area contributed by atoms with Crippen molar-refractivity contribution in [3.05, 3.63) is 94.5 Å². The number of ether oxygens (including phenoxy) is 2. The molecule has 3 aromatic rings. The van der Waals surface area contributed by atoms with Crippen LogP contribution in [0.4, 0.5) is 11.4 Å². The standard InChI is InChI=1S/C22H20N2O5/c25-22(16-29-21-9-5-4-8-20(21)24(26)27)23-18-10-12-19(13-11-18)28-15-14-17-6-2-1-3-7-17/h1-13H,14-16H2,(H,23,25). The summed E-state index contributed by atoms with van der Waals surface area (Å²) in [4.78, 5) is 22.4. The van der Waals surface area contributed by atoms with Gasteiger partial charge in [0.25, 0.3) is 5.91 Å². The smallest absolute Gasteiger partial charge is 0.310 e. The minimum Gasteiger partial charge on any atom is -0.493 e. The summed E-state index contributed by atoms with van der Waals surface area (Å²) in [6.07, 6.45) is 0.808. The Morgan fingerprint density at radius 3 is 2.31 bits per heavy atom. The molecule has 3 rings (SSSR count). The van der Waals surface area contributed by atoms with Crippen LogP contribution >= 0.6 is 0 Å². The molecule has 148 valence electrons. The monoisotopic (exact) mass is 392 g/mol. The van der Waals surface area contributed by atoms with Crippen molar-refractivity contribution >= 4 is 17.3 Å². The summed E-state index contributed by atoms with van der Waals surface area (Å²) in [6.45, 7) is 0.222. The van der Waals surface area contributed by atoms with E-state index in [4.69, 9.17) is 9.47 Å². The molecule has 29 heavy (non-hydrogen) atoms. The summed E-state index contributed by atoms with van der Waals surface area (Å²) in [5, 5.41) is 13.6. The van der Waals surface area contributed by atoms with Crippen LogP contribution in [-0.2, 0) is 11.2 Å². The van der Waals surface area contributed by atoms with E-state index < -0.39 is 10.8 Å². The quantitative estimate of drug-likeness (QED) is 0.435. The lowest BCUT2D eigenvalue weighted by Crippen LogP contribution is -2.20. The lowest BCUT2D eigenvalue weighted by atomic mass is 10.2. The molecule has 0 atom stereocenters. The highest BCUT2D eigenvalue weighted by atomic mass is 16.6. The SMILES string of the molecule is O=C(COc1ccccc1[N+](=O)[O-])Nc1ccc(OCCc2ccccc2)cc1. The second-order valence-electron chi connectivity index (χ2n) is 6.17. The van der Waals surface area contributed by atoms with Gasteiger partial charge in [-0.15, -0.1) is 0 Å². The van der Waals surface area contributed by atoms with E-state index in [9.17, 15) is 14.9 Å². The summed E-state index contributed by atoms with van der Waals surface area (Å²) in [7, 11) is 0. The van der Waals surface area contributed by atoms with E-state index in [0.717, 1.165) is 6.42 Å². The molecule has 0 aliphatic rings. The summed E-state index contributed by atoms with van der Waals surface area (Å²) in [5.41, 5.74) is 1.60. The van der Waals surface area contributed by atoms with Gasteiger partial charge >= 0.3 is 5.69 Å². The highest BCUT2D eigenvalue weighted by Gasteiger charge is 2.15. The maximum Gasteiger partial charge on any atom is 0.310 e. The Kier molecular flexibility index (Phi) is 6.78. The molecular weight excluding hydrogens is 372 g/mol. The summed E-state index contributed by atoms with van der Waals surface area (Å²) < 4.78 is 11.0. The number of nitro benzene ring substituents is 1. The fourth-order valence-electron chi connectivity index (χ4n) is 2.64. The highest BCUT2D eigenvalue weighted by Crippen LogP contribution is 2.25. The van der Waals surface area contributed by atoms with Gasteiger partial charge in [-0.25, -0.2) is 0 Å². The van der Waals surface area contributed by atoms with Crippen molar-refractivity contribution in [3.8, 4) is 11.5 Å². The molecule has 0 aliphatic carbocycles. The van der Waals surface area contributed by atoms with Crippen LogP contribution in [-0.4, -0.2) is 24.0 Å². The van der Waals surface area contributed by atoms with E-state index in [-0.39, 0.29) is 18.0 Å². The van der Waals surface area contributed by atoms with Gasteiger partial charge in [-0.2, -0.15) is 0 Å². The molecular formula is C22H20N2O5. The first-order chi connectivity index (χ1) is 14.1. The number of nitrogens with zero attached hydrogens (tertiary/aromatic N) is 1. The number of para-hydroxylation sites is 2. The zero-order chi connectivity index (χ0) is 20.5. The van der Waals surface area contributed by atoms with Crippen molar-refractivity contribution in [1.29, 1.82) is 0 Å². The van der Waals surface area contributed by atoms with Crippen LogP contribution in [0.1, 0.15) is 5.56 Å². The number of nitrogens with one attached hydrogen (secondary N) is 1. The minimum atomic E-state index is -0.552. The summed E-state index contributed by atoms with van der Waals surface area (Å²) in [5.74, 6) is 0.339. The third kappa shape index (κ3) is 6.07. The van der Waals surface area contributed by atoms with Crippen LogP contribution in [0.5, 0.6) is 11.5 Å². The van der Waals surface area contributed by atoms with E-state index >= 15 is 0 Å². The van der Waals surface area contributed by atoms with Crippen LogP contribution in [0, 0.1) is 10.1 Å². The molecule has 1 N–H and O–H groups in total. The fourth-order valence-corrected chi connectivity index (χ4v) is 2.64. The normalized spacial score (nSPS) is 10.2. The van der Waals surface area contributed by atoms with E-state index in [1.807, 2.05) is 30.3 Å². The second kappa shape index (κ2) is 9.89. The van der Waals surface area contributed by atoms with Crippen molar-refractivity contribution in [2.24, 2.45) is 0 Å². The summed E-state index contributed by atoms with van der Waals surface area (Å²) in [6, 6.07) is 23.0. The first-order valence-corrected chi connectivity index (χ1v) is 9.04. The first kappa shape index (κ1) is 19.9. The molecule has 7 heteroatoms. The number of anilines is 1. The molecule has 0 fully saturated rings. The Morgan fingerprint density at radius 1 is 0.897 bits per heavy atom. The molecule has 0 aliphatic heterocycles. The predicted octanol–water partition coefficient (Wildman–Crippen LogP) is 4.23. The van der Waals surface area contributed by atoms with E-state index in [1.165, 1.54) is 23.8 Å². The number of carbonyl (C=O) groups is 1. The van der Waals surface area contributed by atoms with Crippen molar-refractivity contribution in [1.82, 2.24) is 0 Å². The first-order valence-electron chi connectivity index (χ1n) is 9.04. The van der Waals surface area contributed by atoms with Crippen molar-refractivity contribution in [2.45, 2.75) is 6.42 Å². The Bertz CT molecular complexity index is 958. The minimum absolute atomic E-state index is 0.0508. The molecule has 3 aromatic carbocycles. The topological polar surface area (TPSA) is 90.7 Å². The van der Waals surface area contributed by atoms with Crippen LogP contribution in [0.25, 0.3) is 0 Å². The summed E-state index contributed by atoms with van der Waals surface area (Å²) >= 11 is 0. The van der Waals surface area contributed by atoms with Gasteiger partial charge in [0.15, 0.2) is 12.4 Å². The third-order valence-electron chi connectivity index (χ3n) is 4.06. The van der Waals surface area contributed by atoms with Gasteiger partial charge in [0, 0.05) is 18.2 Å². The molecule has 0 unspecified atom stereocenters. The van der Waals surface area contributed by atoms with Crippen molar-refractivity contribution in [3.63, 3.8) is 0 Å². The fraction of sp³-hybridized carbons (Fsp3) is 0.136. The molecule has 0 heterocycles. The molecule has 0 aromatic heterocycles. The van der Waals surface area contributed by atoms with Gasteiger partial charge in [-0.3, -0.25) is 14.9 Å². The van der Waals surface area contributed by atoms with Gasteiger partial charge in [-0.1, -0.05) is 42.5 Å². The predicted molar refractivity (Wildman–Crippen MR) is 109 cm³/mol. The molecule has 0 saturated heterocycles. The zero-order valence-corrected chi connectivity index (χ0v) is 15.6. The Hall–Kier alpha value is -3.87. The molecule has 0 bridgehead atoms. The second-order valence-corrected chi connectivity index (χ2v) is 6.17. The highest BCUT2D eigenvalue weighted by molar-refractivity contribution is 5.91. The average molecular weight is 392 g/mol. The Balaban J connectivity index is 1.45. The Labute approximate surface area is 168 Å². The van der Waals surface area contributed by atoms with Gasteiger partial charge in [0.05, 0.1) is 11.5 Å². The Morgan fingerprint density at radius 2 is 1.59 bits per heavy atom.